The maximum atomic E-state index is 12.2. The van der Waals surface area contributed by atoms with Crippen molar-refractivity contribution in [1.29, 1.82) is 5.26 Å². The highest BCUT2D eigenvalue weighted by Crippen LogP contribution is 2.34. The van der Waals surface area contributed by atoms with Crippen molar-refractivity contribution in [2.24, 2.45) is 0 Å². The Bertz CT molecular complexity index is 806. The minimum Gasteiger partial charge on any atom is -0.494 e. The van der Waals surface area contributed by atoms with Crippen LogP contribution in [0.5, 0.6) is 5.75 Å². The number of rotatable bonds is 5. The number of aromatic nitrogens is 2. The van der Waals surface area contributed by atoms with Crippen LogP contribution in [0.2, 0.25) is 0 Å². The molecule has 0 N–H and O–H groups in total. The summed E-state index contributed by atoms with van der Waals surface area (Å²) in [7, 11) is 1.55. The molecule has 2 rings (SSSR count). The van der Waals surface area contributed by atoms with E-state index in [2.05, 4.69) is 27.1 Å². The fraction of sp³-hybridized carbons (Fsp3) is 0.353. The van der Waals surface area contributed by atoms with Crippen LogP contribution >= 0.6 is 15.9 Å². The largest absolute Gasteiger partial charge is 0.494 e. The van der Waals surface area contributed by atoms with Crippen molar-refractivity contribution in [1.82, 2.24) is 9.78 Å². The Morgan fingerprint density at radius 1 is 1.46 bits per heavy atom. The van der Waals surface area contributed by atoms with Crippen LogP contribution in [0.3, 0.4) is 0 Å². The van der Waals surface area contributed by atoms with Crippen LogP contribution < -0.4 is 4.74 Å². The zero-order valence-electron chi connectivity index (χ0n) is 14.0. The van der Waals surface area contributed by atoms with Crippen molar-refractivity contribution in [3.63, 3.8) is 0 Å². The number of ether oxygens (including phenoxy) is 2. The number of halogens is 1. The van der Waals surface area contributed by atoms with Crippen LogP contribution in [0.4, 0.5) is 0 Å². The van der Waals surface area contributed by atoms with E-state index in [1.807, 2.05) is 13.8 Å². The number of hydrogen-bond acceptors (Lipinski definition) is 5. The monoisotopic (exact) mass is 391 g/mol. The highest BCUT2D eigenvalue weighted by atomic mass is 79.9. The van der Waals surface area contributed by atoms with E-state index in [1.165, 1.54) is 0 Å². The Kier molecular flexibility index (Phi) is 5.62. The zero-order chi connectivity index (χ0) is 17.9. The van der Waals surface area contributed by atoms with Gasteiger partial charge in [-0.2, -0.15) is 10.4 Å². The summed E-state index contributed by atoms with van der Waals surface area (Å²) < 4.78 is 12.7. The van der Waals surface area contributed by atoms with E-state index in [0.717, 1.165) is 5.69 Å². The molecule has 0 fully saturated rings. The van der Waals surface area contributed by atoms with E-state index in [9.17, 15) is 4.79 Å². The van der Waals surface area contributed by atoms with Crippen molar-refractivity contribution in [3.05, 3.63) is 39.6 Å². The fourth-order valence-corrected chi connectivity index (χ4v) is 3.22. The van der Waals surface area contributed by atoms with Gasteiger partial charge in [0.1, 0.15) is 11.4 Å². The molecule has 24 heavy (non-hydrogen) atoms. The zero-order valence-corrected chi connectivity index (χ0v) is 15.5. The topological polar surface area (TPSA) is 77.1 Å². The molecule has 126 valence electrons. The molecular weight excluding hydrogens is 374 g/mol. The summed E-state index contributed by atoms with van der Waals surface area (Å²) in [5, 5.41) is 13.6. The second-order valence-corrected chi connectivity index (χ2v) is 6.13. The highest BCUT2D eigenvalue weighted by molar-refractivity contribution is 9.10. The Hall–Kier alpha value is -2.33. The summed E-state index contributed by atoms with van der Waals surface area (Å²) in [6.07, 6.45) is 0. The van der Waals surface area contributed by atoms with Crippen molar-refractivity contribution in [3.8, 4) is 17.5 Å². The molecule has 1 aromatic heterocycles. The first-order chi connectivity index (χ1) is 11.4. The third-order valence-corrected chi connectivity index (χ3v) is 4.19. The van der Waals surface area contributed by atoms with E-state index in [1.54, 1.807) is 36.9 Å². The molecule has 0 amide bonds. The molecule has 0 saturated heterocycles. The predicted octanol–water partition coefficient (Wildman–Crippen LogP) is 3.82. The number of hydrogen-bond donors (Lipinski definition) is 0. The van der Waals surface area contributed by atoms with Gasteiger partial charge in [0, 0.05) is 0 Å². The first-order valence-corrected chi connectivity index (χ1v) is 8.27. The van der Waals surface area contributed by atoms with Gasteiger partial charge in [-0.15, -0.1) is 0 Å². The van der Waals surface area contributed by atoms with E-state index in [0.29, 0.717) is 21.5 Å². The molecule has 0 aliphatic rings. The number of methoxy groups -OCH3 is 1. The van der Waals surface area contributed by atoms with Crippen LogP contribution in [0.15, 0.2) is 22.7 Å². The summed E-state index contributed by atoms with van der Waals surface area (Å²) in [4.78, 5) is 12.2. The molecular formula is C17H18BrN3O3. The van der Waals surface area contributed by atoms with Gasteiger partial charge in [0.2, 0.25) is 0 Å². The number of carbonyl (C=O) groups is 1. The molecule has 0 atom stereocenters. The van der Waals surface area contributed by atoms with Gasteiger partial charge in [-0.1, -0.05) is 13.8 Å². The smallest absolute Gasteiger partial charge is 0.360 e. The summed E-state index contributed by atoms with van der Waals surface area (Å²) in [6, 6.07) is 7.16. The summed E-state index contributed by atoms with van der Waals surface area (Å²) in [5.74, 6) is 0.132. The second-order valence-electron chi connectivity index (χ2n) is 5.33. The van der Waals surface area contributed by atoms with Gasteiger partial charge in [-0.25, -0.2) is 9.48 Å². The van der Waals surface area contributed by atoms with E-state index < -0.39 is 5.97 Å². The molecule has 7 heteroatoms. The molecule has 0 radical (unpaired) electrons. The minimum absolute atomic E-state index is 0.0745. The Morgan fingerprint density at radius 3 is 2.71 bits per heavy atom. The van der Waals surface area contributed by atoms with Crippen LogP contribution in [-0.2, 0) is 4.74 Å². The van der Waals surface area contributed by atoms with Crippen LogP contribution in [0.1, 0.15) is 48.4 Å². The number of nitrogens with zero attached hydrogens (tertiary/aromatic N) is 3. The maximum Gasteiger partial charge on any atom is 0.360 e. The van der Waals surface area contributed by atoms with Crippen LogP contribution in [0.25, 0.3) is 5.69 Å². The fourth-order valence-electron chi connectivity index (χ4n) is 2.35. The predicted molar refractivity (Wildman–Crippen MR) is 92.6 cm³/mol. The Labute approximate surface area is 149 Å². The number of esters is 1. The van der Waals surface area contributed by atoms with Crippen molar-refractivity contribution in [2.75, 3.05) is 13.7 Å². The van der Waals surface area contributed by atoms with Crippen molar-refractivity contribution >= 4 is 21.9 Å². The molecule has 0 spiro atoms. The lowest BCUT2D eigenvalue weighted by atomic mass is 10.1. The van der Waals surface area contributed by atoms with Gasteiger partial charge < -0.3 is 9.47 Å². The normalized spacial score (nSPS) is 10.5. The molecule has 0 saturated carbocycles. The van der Waals surface area contributed by atoms with Gasteiger partial charge in [0.05, 0.1) is 35.5 Å². The van der Waals surface area contributed by atoms with Gasteiger partial charge in [0.25, 0.3) is 0 Å². The second kappa shape index (κ2) is 7.49. The van der Waals surface area contributed by atoms with Crippen LogP contribution in [-0.4, -0.2) is 29.5 Å². The van der Waals surface area contributed by atoms with Gasteiger partial charge >= 0.3 is 5.97 Å². The van der Waals surface area contributed by atoms with Gasteiger partial charge in [0.15, 0.2) is 5.69 Å². The third kappa shape index (κ3) is 3.29. The highest BCUT2D eigenvalue weighted by Gasteiger charge is 2.26. The molecule has 0 aliphatic heterocycles. The van der Waals surface area contributed by atoms with Crippen LogP contribution in [0, 0.1) is 11.3 Å². The molecule has 0 aliphatic carbocycles. The lowest BCUT2D eigenvalue weighted by molar-refractivity contribution is 0.0518. The van der Waals surface area contributed by atoms with Crippen molar-refractivity contribution in [2.45, 2.75) is 26.7 Å². The number of nitriles is 1. The van der Waals surface area contributed by atoms with Gasteiger partial charge in [-0.05, 0) is 47.0 Å². The molecule has 6 nitrogen and oxygen atoms in total. The first-order valence-electron chi connectivity index (χ1n) is 7.48. The Morgan fingerprint density at radius 2 is 2.17 bits per heavy atom. The standard InChI is InChI=1S/C17H18BrN3O3/c1-5-24-17(22)15-14(18)16(10(2)3)21(20-15)12-8-11(9-19)6-7-13(12)23-4/h6-8,10H,5H2,1-4H3. The van der Waals surface area contributed by atoms with Crippen molar-refractivity contribution < 1.29 is 14.3 Å². The lowest BCUT2D eigenvalue weighted by Gasteiger charge is -2.14. The lowest BCUT2D eigenvalue weighted by Crippen LogP contribution is -2.08. The molecule has 0 bridgehead atoms. The quantitative estimate of drug-likeness (QED) is 0.723. The van der Waals surface area contributed by atoms with E-state index in [-0.39, 0.29) is 18.2 Å². The SMILES string of the molecule is CCOC(=O)c1nn(-c2cc(C#N)ccc2OC)c(C(C)C)c1Br. The maximum absolute atomic E-state index is 12.2. The molecule has 1 heterocycles. The van der Waals surface area contributed by atoms with Gasteiger partial charge in [-0.3, -0.25) is 0 Å². The molecule has 2 aromatic rings. The number of benzene rings is 1. The Balaban J connectivity index is 2.73. The summed E-state index contributed by atoms with van der Waals surface area (Å²) in [6.45, 7) is 6.00. The average molecular weight is 392 g/mol. The minimum atomic E-state index is -0.500. The average Bonchev–Trinajstić information content (AvgIpc) is 2.91. The number of carbonyl (C=O) groups excluding carboxylic acids is 1. The van der Waals surface area contributed by atoms with E-state index in [4.69, 9.17) is 14.7 Å². The molecule has 1 aromatic carbocycles. The molecule has 0 unspecified atom stereocenters. The first kappa shape index (κ1) is 18.0. The summed E-state index contributed by atoms with van der Waals surface area (Å²) in [5.41, 5.74) is 2.07. The summed E-state index contributed by atoms with van der Waals surface area (Å²) >= 11 is 3.46. The van der Waals surface area contributed by atoms with E-state index >= 15 is 0 Å². The third-order valence-electron chi connectivity index (χ3n) is 3.41.